The first kappa shape index (κ1) is 15.1. The zero-order valence-electron chi connectivity index (χ0n) is 12.6. The van der Waals surface area contributed by atoms with Gasteiger partial charge in [-0.3, -0.25) is 4.79 Å². The Morgan fingerprint density at radius 3 is 2.33 bits per heavy atom. The van der Waals surface area contributed by atoms with Gasteiger partial charge in [-0.25, -0.2) is 0 Å². The van der Waals surface area contributed by atoms with Crippen LogP contribution in [0.1, 0.15) is 13.8 Å². The van der Waals surface area contributed by atoms with Gasteiger partial charge in [0.25, 0.3) is 0 Å². The van der Waals surface area contributed by atoms with Crippen LogP contribution in [0.4, 0.5) is 0 Å². The smallest absolute Gasteiger partial charge is 0.314 e. The van der Waals surface area contributed by atoms with Gasteiger partial charge in [0.2, 0.25) is 0 Å². The summed E-state index contributed by atoms with van der Waals surface area (Å²) < 4.78 is 10.5. The standard InChI is InChI=1S/C18H20O3/c1-18(2,17(19)20-3)13-21-16-11-7-10-15(12-16)14-8-5-4-6-9-14/h4-12H,13H2,1-3H3. The summed E-state index contributed by atoms with van der Waals surface area (Å²) in [7, 11) is 1.39. The molecule has 0 heterocycles. The minimum Gasteiger partial charge on any atom is -0.492 e. The molecule has 2 aromatic carbocycles. The highest BCUT2D eigenvalue weighted by molar-refractivity contribution is 5.76. The van der Waals surface area contributed by atoms with E-state index < -0.39 is 5.41 Å². The van der Waals surface area contributed by atoms with Crippen LogP contribution in [0.25, 0.3) is 11.1 Å². The maximum absolute atomic E-state index is 11.6. The van der Waals surface area contributed by atoms with E-state index in [1.54, 1.807) is 13.8 Å². The van der Waals surface area contributed by atoms with Crippen LogP contribution in [0.15, 0.2) is 54.6 Å². The van der Waals surface area contributed by atoms with E-state index in [9.17, 15) is 4.79 Å². The number of rotatable bonds is 5. The van der Waals surface area contributed by atoms with Gasteiger partial charge in [0.1, 0.15) is 12.4 Å². The molecule has 0 saturated carbocycles. The lowest BCUT2D eigenvalue weighted by atomic mass is 9.95. The topological polar surface area (TPSA) is 35.5 Å². The summed E-state index contributed by atoms with van der Waals surface area (Å²) in [4.78, 5) is 11.6. The molecular weight excluding hydrogens is 264 g/mol. The van der Waals surface area contributed by atoms with Gasteiger partial charge >= 0.3 is 5.97 Å². The third-order valence-electron chi connectivity index (χ3n) is 3.28. The Hall–Kier alpha value is -2.29. The van der Waals surface area contributed by atoms with Gasteiger partial charge < -0.3 is 9.47 Å². The molecule has 0 atom stereocenters. The van der Waals surface area contributed by atoms with Crippen molar-refractivity contribution in [1.29, 1.82) is 0 Å². The first-order valence-electron chi connectivity index (χ1n) is 6.89. The summed E-state index contributed by atoms with van der Waals surface area (Å²) in [6, 6.07) is 17.9. The SMILES string of the molecule is COC(=O)C(C)(C)COc1cccc(-c2ccccc2)c1. The molecule has 0 spiro atoms. The van der Waals surface area contributed by atoms with E-state index in [1.807, 2.05) is 42.5 Å². The van der Waals surface area contributed by atoms with Gasteiger partial charge in [0.15, 0.2) is 0 Å². The van der Waals surface area contributed by atoms with Crippen LogP contribution in [0.5, 0.6) is 5.75 Å². The van der Waals surface area contributed by atoms with Crippen molar-refractivity contribution in [1.82, 2.24) is 0 Å². The van der Waals surface area contributed by atoms with Crippen molar-refractivity contribution in [2.45, 2.75) is 13.8 Å². The average Bonchev–Trinajstić information content (AvgIpc) is 2.53. The maximum atomic E-state index is 11.6. The largest absolute Gasteiger partial charge is 0.492 e. The summed E-state index contributed by atoms with van der Waals surface area (Å²) in [5, 5.41) is 0. The molecule has 3 nitrogen and oxygen atoms in total. The van der Waals surface area contributed by atoms with Gasteiger partial charge in [-0.15, -0.1) is 0 Å². The van der Waals surface area contributed by atoms with E-state index in [-0.39, 0.29) is 12.6 Å². The number of carbonyl (C=O) groups is 1. The number of methoxy groups -OCH3 is 1. The van der Waals surface area contributed by atoms with Crippen LogP contribution in [0.2, 0.25) is 0 Å². The number of hydrogen-bond acceptors (Lipinski definition) is 3. The molecule has 3 heteroatoms. The molecule has 21 heavy (non-hydrogen) atoms. The molecule has 0 fully saturated rings. The predicted molar refractivity (Wildman–Crippen MR) is 83.2 cm³/mol. The quantitative estimate of drug-likeness (QED) is 0.780. The minimum absolute atomic E-state index is 0.276. The average molecular weight is 284 g/mol. The molecule has 0 aliphatic carbocycles. The van der Waals surface area contributed by atoms with Crippen molar-refractivity contribution < 1.29 is 14.3 Å². The van der Waals surface area contributed by atoms with Crippen molar-refractivity contribution in [3.8, 4) is 16.9 Å². The van der Waals surface area contributed by atoms with Crippen LogP contribution in [0.3, 0.4) is 0 Å². The predicted octanol–water partition coefficient (Wildman–Crippen LogP) is 3.93. The minimum atomic E-state index is -0.669. The van der Waals surface area contributed by atoms with E-state index in [0.29, 0.717) is 0 Å². The first-order valence-corrected chi connectivity index (χ1v) is 6.89. The molecule has 2 aromatic rings. The third-order valence-corrected chi connectivity index (χ3v) is 3.28. The first-order chi connectivity index (χ1) is 10.0. The number of hydrogen-bond donors (Lipinski definition) is 0. The van der Waals surface area contributed by atoms with Crippen molar-refractivity contribution in [3.05, 3.63) is 54.6 Å². The summed E-state index contributed by atoms with van der Waals surface area (Å²) >= 11 is 0. The molecule has 0 unspecified atom stereocenters. The monoisotopic (exact) mass is 284 g/mol. The van der Waals surface area contributed by atoms with Crippen LogP contribution in [-0.2, 0) is 9.53 Å². The third kappa shape index (κ3) is 3.85. The molecule has 110 valence electrons. The Balaban J connectivity index is 2.11. The molecule has 0 aliphatic heterocycles. The second-order valence-electron chi connectivity index (χ2n) is 5.56. The highest BCUT2D eigenvalue weighted by atomic mass is 16.5. The molecule has 0 radical (unpaired) electrons. The van der Waals surface area contributed by atoms with Crippen LogP contribution in [-0.4, -0.2) is 19.7 Å². The molecule has 0 aliphatic rings. The van der Waals surface area contributed by atoms with Crippen LogP contribution >= 0.6 is 0 Å². The Bertz CT molecular complexity index is 603. The molecule has 0 aromatic heterocycles. The number of carbonyl (C=O) groups excluding carboxylic acids is 1. The number of esters is 1. The van der Waals surface area contributed by atoms with Gasteiger partial charge in [0, 0.05) is 0 Å². The summed E-state index contributed by atoms with van der Waals surface area (Å²) in [6.07, 6.45) is 0. The molecule has 0 saturated heterocycles. The lowest BCUT2D eigenvalue weighted by Crippen LogP contribution is -2.32. The molecule has 2 rings (SSSR count). The number of benzene rings is 2. The van der Waals surface area contributed by atoms with Crippen LogP contribution in [0, 0.1) is 5.41 Å². The highest BCUT2D eigenvalue weighted by Crippen LogP contribution is 2.25. The normalized spacial score (nSPS) is 11.0. The lowest BCUT2D eigenvalue weighted by Gasteiger charge is -2.21. The van der Waals surface area contributed by atoms with E-state index in [0.717, 1.165) is 16.9 Å². The van der Waals surface area contributed by atoms with E-state index in [1.165, 1.54) is 7.11 Å². The summed E-state index contributed by atoms with van der Waals surface area (Å²) in [5.41, 5.74) is 1.55. The van der Waals surface area contributed by atoms with E-state index in [4.69, 9.17) is 9.47 Å². The number of ether oxygens (including phenoxy) is 2. The summed E-state index contributed by atoms with van der Waals surface area (Å²) in [5.74, 6) is 0.468. The molecule has 0 amide bonds. The van der Waals surface area contributed by atoms with Gasteiger partial charge in [0.05, 0.1) is 12.5 Å². The second kappa shape index (κ2) is 6.44. The fourth-order valence-electron chi connectivity index (χ4n) is 2.00. The van der Waals surface area contributed by atoms with E-state index in [2.05, 4.69) is 12.1 Å². The van der Waals surface area contributed by atoms with Crippen molar-refractivity contribution in [3.63, 3.8) is 0 Å². The van der Waals surface area contributed by atoms with E-state index >= 15 is 0 Å². The zero-order chi connectivity index (χ0) is 15.3. The van der Waals surface area contributed by atoms with Crippen molar-refractivity contribution in [2.75, 3.05) is 13.7 Å². The molecular formula is C18H20O3. The Morgan fingerprint density at radius 2 is 1.67 bits per heavy atom. The molecule has 0 bridgehead atoms. The second-order valence-corrected chi connectivity index (χ2v) is 5.56. The summed E-state index contributed by atoms with van der Waals surface area (Å²) in [6.45, 7) is 3.89. The Labute approximate surface area is 125 Å². The zero-order valence-corrected chi connectivity index (χ0v) is 12.6. The van der Waals surface area contributed by atoms with Crippen LogP contribution < -0.4 is 4.74 Å². The maximum Gasteiger partial charge on any atom is 0.314 e. The van der Waals surface area contributed by atoms with Gasteiger partial charge in [-0.2, -0.15) is 0 Å². The van der Waals surface area contributed by atoms with Crippen molar-refractivity contribution >= 4 is 5.97 Å². The Kier molecular flexibility index (Phi) is 4.63. The fraction of sp³-hybridized carbons (Fsp3) is 0.278. The fourth-order valence-corrected chi connectivity index (χ4v) is 2.00. The lowest BCUT2D eigenvalue weighted by molar-refractivity contribution is -0.152. The Morgan fingerprint density at radius 1 is 1.00 bits per heavy atom. The molecule has 0 N–H and O–H groups in total. The van der Waals surface area contributed by atoms with Gasteiger partial charge in [-0.1, -0.05) is 42.5 Å². The highest BCUT2D eigenvalue weighted by Gasteiger charge is 2.29. The van der Waals surface area contributed by atoms with Gasteiger partial charge in [-0.05, 0) is 37.1 Å². The van der Waals surface area contributed by atoms with Crippen molar-refractivity contribution in [2.24, 2.45) is 5.41 Å².